The van der Waals surface area contributed by atoms with E-state index in [1.165, 1.54) is 0 Å². The van der Waals surface area contributed by atoms with Gasteiger partial charge < -0.3 is 19.5 Å². The molecule has 0 aliphatic carbocycles. The highest BCUT2D eigenvalue weighted by Crippen LogP contribution is 2.19. The van der Waals surface area contributed by atoms with Crippen molar-refractivity contribution in [2.24, 2.45) is 5.73 Å². The predicted octanol–water partition coefficient (Wildman–Crippen LogP) is 0.933. The van der Waals surface area contributed by atoms with Crippen LogP contribution in [-0.4, -0.2) is 29.0 Å². The zero-order chi connectivity index (χ0) is 12.3. The highest BCUT2D eigenvalue weighted by molar-refractivity contribution is 5.45. The maximum atomic E-state index is 5.52. The maximum absolute atomic E-state index is 5.52. The molecule has 7 nitrogen and oxygen atoms in total. The van der Waals surface area contributed by atoms with E-state index in [1.54, 1.807) is 13.2 Å². The number of ether oxygens (including phenoxy) is 1. The molecular weight excluding hydrogens is 224 g/mol. The first kappa shape index (κ1) is 11.7. The minimum absolute atomic E-state index is 0.0536. The minimum atomic E-state index is 0.0536. The summed E-state index contributed by atoms with van der Waals surface area (Å²) in [7, 11) is 1.58. The van der Waals surface area contributed by atoms with Gasteiger partial charge >= 0.3 is 0 Å². The standard InChI is InChI=1S/C10H14N4O3/c1-6(4-11)9-12-10(17-14-9)8-3-7(5-15-2)16-13-8/h3,6H,4-5,11H2,1-2H3. The lowest BCUT2D eigenvalue weighted by molar-refractivity contribution is 0.156. The van der Waals surface area contributed by atoms with Gasteiger partial charge in [0.1, 0.15) is 6.61 Å². The van der Waals surface area contributed by atoms with Gasteiger partial charge in [0.05, 0.1) is 0 Å². The normalized spacial score (nSPS) is 12.9. The Morgan fingerprint density at radius 1 is 1.41 bits per heavy atom. The van der Waals surface area contributed by atoms with Crippen LogP contribution in [0.5, 0.6) is 0 Å². The third-order valence-corrected chi connectivity index (χ3v) is 2.30. The van der Waals surface area contributed by atoms with Crippen LogP contribution in [0, 0.1) is 0 Å². The Hall–Kier alpha value is -1.73. The van der Waals surface area contributed by atoms with E-state index in [9.17, 15) is 0 Å². The molecule has 1 atom stereocenters. The lowest BCUT2D eigenvalue weighted by Gasteiger charge is -1.98. The Bertz CT molecular complexity index is 479. The lowest BCUT2D eigenvalue weighted by Crippen LogP contribution is -2.10. The number of aromatic nitrogens is 3. The largest absolute Gasteiger partial charge is 0.377 e. The number of nitrogens with zero attached hydrogens (tertiary/aromatic N) is 3. The molecule has 0 radical (unpaired) electrons. The highest BCUT2D eigenvalue weighted by Gasteiger charge is 2.16. The molecule has 2 N–H and O–H groups in total. The molecule has 0 spiro atoms. The van der Waals surface area contributed by atoms with Crippen LogP contribution in [0.15, 0.2) is 15.1 Å². The van der Waals surface area contributed by atoms with Crippen molar-refractivity contribution in [3.8, 4) is 11.6 Å². The molecule has 0 aromatic carbocycles. The van der Waals surface area contributed by atoms with Crippen molar-refractivity contribution in [3.63, 3.8) is 0 Å². The van der Waals surface area contributed by atoms with Gasteiger partial charge in [0.2, 0.25) is 0 Å². The number of rotatable bonds is 5. The summed E-state index contributed by atoms with van der Waals surface area (Å²) >= 11 is 0. The highest BCUT2D eigenvalue weighted by atomic mass is 16.5. The summed E-state index contributed by atoms with van der Waals surface area (Å²) < 4.78 is 15.0. The van der Waals surface area contributed by atoms with E-state index in [0.29, 0.717) is 36.3 Å². The van der Waals surface area contributed by atoms with Crippen LogP contribution in [0.4, 0.5) is 0 Å². The number of methoxy groups -OCH3 is 1. The maximum Gasteiger partial charge on any atom is 0.280 e. The van der Waals surface area contributed by atoms with E-state index >= 15 is 0 Å². The molecular formula is C10H14N4O3. The summed E-state index contributed by atoms with van der Waals surface area (Å²) in [5.41, 5.74) is 6.02. The SMILES string of the molecule is COCc1cc(-c2nc(C(C)CN)no2)no1. The molecule has 2 rings (SSSR count). The molecule has 7 heteroatoms. The van der Waals surface area contributed by atoms with Crippen molar-refractivity contribution in [2.75, 3.05) is 13.7 Å². The molecule has 0 saturated heterocycles. The number of nitrogens with two attached hydrogens (primary N) is 1. The van der Waals surface area contributed by atoms with Gasteiger partial charge in [-0.15, -0.1) is 0 Å². The number of hydrogen-bond donors (Lipinski definition) is 1. The Morgan fingerprint density at radius 2 is 2.24 bits per heavy atom. The van der Waals surface area contributed by atoms with Crippen molar-refractivity contribution in [1.29, 1.82) is 0 Å². The summed E-state index contributed by atoms with van der Waals surface area (Å²) in [6.45, 7) is 2.74. The zero-order valence-corrected chi connectivity index (χ0v) is 9.71. The van der Waals surface area contributed by atoms with Crippen molar-refractivity contribution in [3.05, 3.63) is 17.7 Å². The quantitative estimate of drug-likeness (QED) is 0.826. The minimum Gasteiger partial charge on any atom is -0.377 e. The molecule has 1 unspecified atom stereocenters. The van der Waals surface area contributed by atoms with Crippen LogP contribution in [0.2, 0.25) is 0 Å². The zero-order valence-electron chi connectivity index (χ0n) is 9.71. The Labute approximate surface area is 97.9 Å². The third-order valence-electron chi connectivity index (χ3n) is 2.30. The topological polar surface area (TPSA) is 100 Å². The van der Waals surface area contributed by atoms with Gasteiger partial charge in [0, 0.05) is 25.6 Å². The molecule has 2 aromatic heterocycles. The van der Waals surface area contributed by atoms with E-state index in [2.05, 4.69) is 15.3 Å². The van der Waals surface area contributed by atoms with Crippen molar-refractivity contribution in [2.45, 2.75) is 19.4 Å². The van der Waals surface area contributed by atoms with E-state index in [4.69, 9.17) is 19.5 Å². The fourth-order valence-electron chi connectivity index (χ4n) is 1.27. The molecule has 0 amide bonds. The van der Waals surface area contributed by atoms with E-state index in [0.717, 1.165) is 0 Å². The second-order valence-corrected chi connectivity index (χ2v) is 3.71. The molecule has 0 aliphatic heterocycles. The van der Waals surface area contributed by atoms with Crippen LogP contribution < -0.4 is 5.73 Å². The second-order valence-electron chi connectivity index (χ2n) is 3.71. The molecule has 2 heterocycles. The smallest absolute Gasteiger partial charge is 0.280 e. The Balaban J connectivity index is 2.18. The fourth-order valence-corrected chi connectivity index (χ4v) is 1.27. The summed E-state index contributed by atoms with van der Waals surface area (Å²) in [4.78, 5) is 4.20. The third kappa shape index (κ3) is 2.51. The van der Waals surface area contributed by atoms with Gasteiger partial charge in [0.25, 0.3) is 5.89 Å². The van der Waals surface area contributed by atoms with Gasteiger partial charge in [-0.05, 0) is 0 Å². The van der Waals surface area contributed by atoms with Crippen LogP contribution in [0.25, 0.3) is 11.6 Å². The summed E-state index contributed by atoms with van der Waals surface area (Å²) in [5.74, 6) is 1.55. The van der Waals surface area contributed by atoms with Crippen LogP contribution >= 0.6 is 0 Å². The van der Waals surface area contributed by atoms with E-state index < -0.39 is 0 Å². The van der Waals surface area contributed by atoms with Gasteiger partial charge in [0.15, 0.2) is 17.3 Å². The Kier molecular flexibility index (Phi) is 3.50. The van der Waals surface area contributed by atoms with Crippen LogP contribution in [0.1, 0.15) is 24.4 Å². The molecule has 92 valence electrons. The van der Waals surface area contributed by atoms with Gasteiger partial charge in [-0.1, -0.05) is 17.2 Å². The molecule has 2 aromatic rings. The average molecular weight is 238 g/mol. The van der Waals surface area contributed by atoms with Gasteiger partial charge in [-0.25, -0.2) is 0 Å². The molecule has 0 aliphatic rings. The summed E-state index contributed by atoms with van der Waals surface area (Å²) in [6, 6.07) is 1.70. The summed E-state index contributed by atoms with van der Waals surface area (Å²) in [5, 5.41) is 7.66. The molecule has 0 saturated carbocycles. The van der Waals surface area contributed by atoms with Crippen molar-refractivity contribution in [1.82, 2.24) is 15.3 Å². The second kappa shape index (κ2) is 5.07. The first-order valence-corrected chi connectivity index (χ1v) is 5.23. The molecule has 17 heavy (non-hydrogen) atoms. The van der Waals surface area contributed by atoms with Gasteiger partial charge in [-0.2, -0.15) is 4.98 Å². The average Bonchev–Trinajstić information content (AvgIpc) is 2.96. The van der Waals surface area contributed by atoms with E-state index in [-0.39, 0.29) is 5.92 Å². The first-order valence-electron chi connectivity index (χ1n) is 5.23. The molecule has 0 fully saturated rings. The number of hydrogen-bond acceptors (Lipinski definition) is 7. The van der Waals surface area contributed by atoms with Crippen molar-refractivity contribution >= 4 is 0 Å². The summed E-state index contributed by atoms with van der Waals surface area (Å²) in [6.07, 6.45) is 0. The monoisotopic (exact) mass is 238 g/mol. The van der Waals surface area contributed by atoms with E-state index in [1.807, 2.05) is 6.92 Å². The predicted molar refractivity (Wildman–Crippen MR) is 58.0 cm³/mol. The first-order chi connectivity index (χ1) is 8.24. The van der Waals surface area contributed by atoms with Crippen LogP contribution in [-0.2, 0) is 11.3 Å². The molecule has 0 bridgehead atoms. The van der Waals surface area contributed by atoms with Gasteiger partial charge in [-0.3, -0.25) is 0 Å². The Morgan fingerprint density at radius 3 is 2.94 bits per heavy atom. The fraction of sp³-hybridized carbons (Fsp3) is 0.500. The van der Waals surface area contributed by atoms with Crippen LogP contribution in [0.3, 0.4) is 0 Å². The van der Waals surface area contributed by atoms with Crippen molar-refractivity contribution < 1.29 is 13.8 Å². The lowest BCUT2D eigenvalue weighted by atomic mass is 10.2.